The summed E-state index contributed by atoms with van der Waals surface area (Å²) in [5.74, 6) is -7.38. The fourth-order valence-corrected chi connectivity index (χ4v) is 6.60. The van der Waals surface area contributed by atoms with Crippen molar-refractivity contribution in [3.8, 4) is 68.2 Å². The average Bonchev–Trinajstić information content (AvgIpc) is 3.42. The Kier molecular flexibility index (Phi) is 5.46. The van der Waals surface area contributed by atoms with Crippen molar-refractivity contribution in [1.29, 1.82) is 0 Å². The lowest BCUT2D eigenvalue weighted by molar-refractivity contribution is 0.350. The van der Waals surface area contributed by atoms with Crippen molar-refractivity contribution >= 4 is 54.3 Å². The third-order valence-corrected chi connectivity index (χ3v) is 8.73. The van der Waals surface area contributed by atoms with Crippen molar-refractivity contribution in [1.82, 2.24) is 0 Å². The number of phenolic OH excluding ortho intramolecular Hbond substituents is 8. The molecule has 226 valence electrons. The van der Waals surface area contributed by atoms with Gasteiger partial charge in [0.2, 0.25) is 23.0 Å². The molecule has 0 saturated carbocycles. The first-order valence-electron chi connectivity index (χ1n) is 14.2. The number of phenols is 8. The van der Waals surface area contributed by atoms with Crippen molar-refractivity contribution < 1.29 is 45.3 Å². The van der Waals surface area contributed by atoms with E-state index in [0.29, 0.717) is 27.7 Å². The minimum absolute atomic E-state index is 0.00257. The molecular formula is C37H24O9. The van der Waals surface area contributed by atoms with Crippen LogP contribution >= 0.6 is 0 Å². The number of furan rings is 1. The Labute approximate surface area is 258 Å². The molecular weight excluding hydrogens is 588 g/mol. The largest absolute Gasteiger partial charge is 0.504 e. The lowest BCUT2D eigenvalue weighted by atomic mass is 9.83. The van der Waals surface area contributed by atoms with Gasteiger partial charge in [0.1, 0.15) is 11.2 Å². The van der Waals surface area contributed by atoms with E-state index in [4.69, 9.17) is 4.42 Å². The molecule has 7 aromatic carbocycles. The maximum absolute atomic E-state index is 11.4. The van der Waals surface area contributed by atoms with Crippen LogP contribution in [0.25, 0.3) is 76.5 Å². The number of benzene rings is 7. The number of rotatable bonds is 2. The number of aryl methyl sites for hydroxylation is 1. The molecule has 8 N–H and O–H groups in total. The van der Waals surface area contributed by atoms with Gasteiger partial charge < -0.3 is 45.3 Å². The molecule has 9 nitrogen and oxygen atoms in total. The van der Waals surface area contributed by atoms with Crippen LogP contribution in [0.1, 0.15) is 5.56 Å². The van der Waals surface area contributed by atoms with E-state index < -0.39 is 46.0 Å². The molecule has 0 bridgehead atoms. The molecule has 46 heavy (non-hydrogen) atoms. The molecule has 0 fully saturated rings. The summed E-state index contributed by atoms with van der Waals surface area (Å²) in [6.45, 7) is 1.99. The van der Waals surface area contributed by atoms with Crippen LogP contribution in [0.5, 0.6) is 46.0 Å². The number of aromatic hydroxyl groups is 8. The molecule has 1 aromatic heterocycles. The van der Waals surface area contributed by atoms with Gasteiger partial charge in [0.05, 0.1) is 0 Å². The van der Waals surface area contributed by atoms with E-state index in [2.05, 4.69) is 0 Å². The molecule has 0 atom stereocenters. The van der Waals surface area contributed by atoms with Crippen molar-refractivity contribution in [2.45, 2.75) is 6.92 Å². The zero-order valence-corrected chi connectivity index (χ0v) is 24.0. The lowest BCUT2D eigenvalue weighted by Crippen LogP contribution is -1.94. The maximum atomic E-state index is 11.4. The lowest BCUT2D eigenvalue weighted by Gasteiger charge is -2.22. The summed E-state index contributed by atoms with van der Waals surface area (Å²) < 4.78 is 6.16. The second kappa shape index (κ2) is 9.26. The minimum Gasteiger partial charge on any atom is -0.504 e. The van der Waals surface area contributed by atoms with Crippen molar-refractivity contribution in [2.75, 3.05) is 0 Å². The van der Waals surface area contributed by atoms with E-state index >= 15 is 0 Å². The maximum Gasteiger partial charge on any atom is 0.204 e. The summed E-state index contributed by atoms with van der Waals surface area (Å²) in [6.07, 6.45) is 0. The van der Waals surface area contributed by atoms with Gasteiger partial charge in [-0.2, -0.15) is 0 Å². The summed E-state index contributed by atoms with van der Waals surface area (Å²) >= 11 is 0. The zero-order chi connectivity index (χ0) is 32.2. The monoisotopic (exact) mass is 612 g/mol. The van der Waals surface area contributed by atoms with Gasteiger partial charge in [-0.1, -0.05) is 60.2 Å². The highest BCUT2D eigenvalue weighted by Crippen LogP contribution is 2.61. The minimum atomic E-state index is -1.02. The molecule has 1 heterocycles. The average molecular weight is 613 g/mol. The van der Waals surface area contributed by atoms with E-state index in [1.165, 1.54) is 0 Å². The summed E-state index contributed by atoms with van der Waals surface area (Å²) in [7, 11) is 0. The van der Waals surface area contributed by atoms with Crippen LogP contribution in [0.4, 0.5) is 0 Å². The van der Waals surface area contributed by atoms with Gasteiger partial charge >= 0.3 is 0 Å². The van der Waals surface area contributed by atoms with Gasteiger partial charge in [-0.15, -0.1) is 0 Å². The third-order valence-electron chi connectivity index (χ3n) is 8.73. The highest BCUT2D eigenvalue weighted by Gasteiger charge is 2.32. The van der Waals surface area contributed by atoms with E-state index in [1.807, 2.05) is 37.3 Å². The van der Waals surface area contributed by atoms with Crippen LogP contribution in [0.15, 0.2) is 83.3 Å². The summed E-state index contributed by atoms with van der Waals surface area (Å²) in [4.78, 5) is 0. The first-order valence-corrected chi connectivity index (χ1v) is 14.2. The second-order valence-corrected chi connectivity index (χ2v) is 11.4. The van der Waals surface area contributed by atoms with Crippen LogP contribution < -0.4 is 0 Å². The van der Waals surface area contributed by atoms with Gasteiger partial charge in [-0.3, -0.25) is 0 Å². The molecule has 0 saturated heterocycles. The molecule has 8 rings (SSSR count). The third kappa shape index (κ3) is 3.50. The topological polar surface area (TPSA) is 175 Å². The molecule has 0 aliphatic rings. The molecule has 0 aliphatic carbocycles. The Hall–Kier alpha value is -6.48. The highest BCUT2D eigenvalue weighted by atomic mass is 16.4. The quantitative estimate of drug-likeness (QED) is 0.0542. The number of fused-ring (bicyclic) bond motifs is 6. The molecule has 0 unspecified atom stereocenters. The SMILES string of the molecule is Cc1ccc2cc3oc4ccc(-c5c6c(O)c(O)c(O)c(O)c6c(-c6ccccc6)c6c(O)c(O)c(O)c(O)c56)cc4c3cc2c1. The number of hydrogen-bond donors (Lipinski definition) is 8. The Morgan fingerprint density at radius 1 is 0.413 bits per heavy atom. The van der Waals surface area contributed by atoms with E-state index in [1.54, 1.807) is 48.5 Å². The Bertz CT molecular complexity index is 2540. The fraction of sp³-hybridized carbons (Fsp3) is 0.0270. The molecule has 0 spiro atoms. The standard InChI is InChI=1S/C37H24O9/c1-15-7-8-17-14-23-21(13-19(17)11-15)20-12-18(9-10-22(20)46-23)25-28-26(30(38)34(42)36(44)32(28)40)24(16-5-3-2-4-6-16)27-29(25)33(41)37(45)35(43)31(27)39/h2-14,38-45H,1H3. The van der Waals surface area contributed by atoms with Crippen LogP contribution in [0.2, 0.25) is 0 Å². The van der Waals surface area contributed by atoms with E-state index in [9.17, 15) is 40.9 Å². The van der Waals surface area contributed by atoms with E-state index in [0.717, 1.165) is 21.7 Å². The number of hydrogen-bond acceptors (Lipinski definition) is 9. The Balaban J connectivity index is 1.62. The van der Waals surface area contributed by atoms with Crippen LogP contribution in [-0.4, -0.2) is 40.9 Å². The highest BCUT2D eigenvalue weighted by molar-refractivity contribution is 6.29. The van der Waals surface area contributed by atoms with Gasteiger partial charge in [-0.25, -0.2) is 0 Å². The normalized spacial score (nSPS) is 11.8. The van der Waals surface area contributed by atoms with Crippen molar-refractivity contribution in [3.05, 3.63) is 84.4 Å². The van der Waals surface area contributed by atoms with Gasteiger partial charge in [0, 0.05) is 43.4 Å². The smallest absolute Gasteiger partial charge is 0.204 e. The van der Waals surface area contributed by atoms with Gasteiger partial charge in [0.25, 0.3) is 0 Å². The zero-order valence-electron chi connectivity index (χ0n) is 24.0. The Morgan fingerprint density at radius 3 is 1.50 bits per heavy atom. The summed E-state index contributed by atoms with van der Waals surface area (Å²) in [6, 6.07) is 23.3. The Morgan fingerprint density at radius 2 is 0.935 bits per heavy atom. The van der Waals surface area contributed by atoms with Gasteiger partial charge in [-0.05, 0) is 53.1 Å². The molecule has 9 heteroatoms. The van der Waals surface area contributed by atoms with E-state index in [-0.39, 0.29) is 32.7 Å². The van der Waals surface area contributed by atoms with Crippen LogP contribution in [0.3, 0.4) is 0 Å². The van der Waals surface area contributed by atoms with Crippen LogP contribution in [-0.2, 0) is 0 Å². The summed E-state index contributed by atoms with van der Waals surface area (Å²) in [5.41, 5.74) is 2.86. The van der Waals surface area contributed by atoms with Gasteiger partial charge in [0.15, 0.2) is 23.0 Å². The van der Waals surface area contributed by atoms with Crippen LogP contribution in [0, 0.1) is 6.92 Å². The summed E-state index contributed by atoms with van der Waals surface area (Å²) in [5, 5.41) is 90.9. The molecule has 8 aromatic rings. The second-order valence-electron chi connectivity index (χ2n) is 11.4. The molecule has 0 aliphatic heterocycles. The van der Waals surface area contributed by atoms with Crippen molar-refractivity contribution in [2.24, 2.45) is 0 Å². The predicted molar refractivity (Wildman–Crippen MR) is 175 cm³/mol. The fourth-order valence-electron chi connectivity index (χ4n) is 6.60. The van der Waals surface area contributed by atoms with Crippen molar-refractivity contribution in [3.63, 3.8) is 0 Å². The first kappa shape index (κ1) is 27.1. The predicted octanol–water partition coefficient (Wildman–Crippen LogP) is 8.33. The molecule has 0 amide bonds. The molecule has 0 radical (unpaired) electrons. The first-order chi connectivity index (χ1) is 22.1.